The lowest BCUT2D eigenvalue weighted by Crippen LogP contribution is -2.24. The van der Waals surface area contributed by atoms with Crippen molar-refractivity contribution in [1.29, 1.82) is 0 Å². The van der Waals surface area contributed by atoms with E-state index in [0.717, 1.165) is 5.56 Å². The summed E-state index contributed by atoms with van der Waals surface area (Å²) in [5.74, 6) is -0.329. The minimum absolute atomic E-state index is 0.0680. The number of dihydropyridines is 1. The molecule has 1 saturated heterocycles. The zero-order valence-corrected chi connectivity index (χ0v) is 13.4. The number of hydrogen-bond acceptors (Lipinski definition) is 5. The number of nitrogens with zero attached hydrogens (tertiary/aromatic N) is 4. The number of likely N-dealkylation sites (tertiary alicyclic amines) is 1. The van der Waals surface area contributed by atoms with E-state index in [-0.39, 0.29) is 23.6 Å². The van der Waals surface area contributed by atoms with Gasteiger partial charge in [-0.05, 0) is 11.6 Å². The Balaban J connectivity index is 1.46. The second-order valence-corrected chi connectivity index (χ2v) is 6.13. The zero-order chi connectivity index (χ0) is 17.2. The fourth-order valence-corrected chi connectivity index (χ4v) is 3.07. The molecule has 126 valence electrons. The molecule has 0 saturated carbocycles. The minimum Gasteiger partial charge on any atom is -0.338 e. The first-order chi connectivity index (χ1) is 12.2. The first-order valence-electron chi connectivity index (χ1n) is 8.10. The summed E-state index contributed by atoms with van der Waals surface area (Å²) >= 11 is 0. The summed E-state index contributed by atoms with van der Waals surface area (Å²) in [5, 5.41) is 3.98. The molecule has 0 bridgehead atoms. The van der Waals surface area contributed by atoms with Gasteiger partial charge >= 0.3 is 0 Å². The van der Waals surface area contributed by atoms with Gasteiger partial charge in [-0.2, -0.15) is 4.98 Å². The Labute approximate surface area is 144 Å². The molecule has 2 atom stereocenters. The van der Waals surface area contributed by atoms with E-state index in [1.54, 1.807) is 17.1 Å². The molecule has 25 heavy (non-hydrogen) atoms. The van der Waals surface area contributed by atoms with Crippen LogP contribution in [0, 0.1) is 0 Å². The van der Waals surface area contributed by atoms with Crippen LogP contribution in [0.5, 0.6) is 0 Å². The topological polar surface area (TPSA) is 88.7 Å². The molecule has 2 aliphatic heterocycles. The van der Waals surface area contributed by atoms with Gasteiger partial charge in [0.25, 0.3) is 5.91 Å². The molecule has 1 aromatic heterocycles. The predicted octanol–water partition coefficient (Wildman–Crippen LogP) is 1.84. The molecule has 0 aliphatic carbocycles. The molecule has 3 heterocycles. The number of rotatable bonds is 4. The van der Waals surface area contributed by atoms with Crippen LogP contribution in [-0.4, -0.2) is 39.6 Å². The second kappa shape index (κ2) is 6.43. The summed E-state index contributed by atoms with van der Waals surface area (Å²) in [6, 6.07) is 9.85. The van der Waals surface area contributed by atoms with Crippen LogP contribution in [0.15, 0.2) is 52.0 Å². The lowest BCUT2D eigenvalue weighted by Gasteiger charge is -2.15. The van der Waals surface area contributed by atoms with Crippen molar-refractivity contribution in [2.45, 2.75) is 24.8 Å². The van der Waals surface area contributed by atoms with Crippen molar-refractivity contribution in [2.24, 2.45) is 4.99 Å². The molecule has 7 nitrogen and oxygen atoms in total. The van der Waals surface area contributed by atoms with E-state index < -0.39 is 5.92 Å². The number of aromatic nitrogens is 2. The molecule has 0 radical (unpaired) electrons. The van der Waals surface area contributed by atoms with E-state index in [2.05, 4.69) is 15.1 Å². The fourth-order valence-electron chi connectivity index (χ4n) is 3.07. The van der Waals surface area contributed by atoms with Gasteiger partial charge in [0.05, 0.1) is 0 Å². The first kappa shape index (κ1) is 15.4. The Morgan fingerprint density at radius 3 is 2.84 bits per heavy atom. The number of amides is 2. The quantitative estimate of drug-likeness (QED) is 0.850. The summed E-state index contributed by atoms with van der Waals surface area (Å²) in [7, 11) is 0. The third-order valence-electron chi connectivity index (χ3n) is 4.38. The zero-order valence-electron chi connectivity index (χ0n) is 13.4. The van der Waals surface area contributed by atoms with Gasteiger partial charge in [-0.25, -0.2) is 4.99 Å². The highest BCUT2D eigenvalue weighted by Gasteiger charge is 2.35. The third kappa shape index (κ3) is 3.13. The van der Waals surface area contributed by atoms with Crippen LogP contribution in [0.1, 0.15) is 35.5 Å². The molecular weight excluding hydrogens is 320 g/mol. The summed E-state index contributed by atoms with van der Waals surface area (Å²) in [6.45, 7) is 1.11. The maximum Gasteiger partial charge on any atom is 0.262 e. The number of allylic oxidation sites excluding steroid dienone is 1. The maximum absolute atomic E-state index is 12.3. The standard InChI is InChI=1S/C18H16N4O3/c23-15-9-13(11-22(15)10-12-5-2-1-3-6-12)16-20-18(25-21-16)14-7-4-8-19-17(14)24/h1-8,13-14H,9-11H2. The summed E-state index contributed by atoms with van der Waals surface area (Å²) in [5.41, 5.74) is 1.08. The monoisotopic (exact) mass is 336 g/mol. The first-order valence-corrected chi connectivity index (χ1v) is 8.10. The predicted molar refractivity (Wildman–Crippen MR) is 88.9 cm³/mol. The van der Waals surface area contributed by atoms with Crippen molar-refractivity contribution < 1.29 is 14.1 Å². The van der Waals surface area contributed by atoms with Gasteiger partial charge in [0.15, 0.2) is 5.82 Å². The molecule has 1 fully saturated rings. The van der Waals surface area contributed by atoms with Crippen molar-refractivity contribution in [3.63, 3.8) is 0 Å². The third-order valence-corrected chi connectivity index (χ3v) is 4.38. The van der Waals surface area contributed by atoms with Crippen molar-refractivity contribution in [3.05, 3.63) is 59.8 Å². The van der Waals surface area contributed by atoms with Gasteiger partial charge in [-0.15, -0.1) is 0 Å². The van der Waals surface area contributed by atoms with E-state index in [9.17, 15) is 9.59 Å². The highest BCUT2D eigenvalue weighted by atomic mass is 16.5. The van der Waals surface area contributed by atoms with Crippen LogP contribution < -0.4 is 0 Å². The SMILES string of the molecule is O=C1N=CC=CC1c1nc(C2CC(=O)N(Cc3ccccc3)C2)no1. The Kier molecular flexibility index (Phi) is 3.97. The largest absolute Gasteiger partial charge is 0.338 e. The molecule has 2 aromatic rings. The van der Waals surface area contributed by atoms with E-state index >= 15 is 0 Å². The fraction of sp³-hybridized carbons (Fsp3) is 0.278. The van der Waals surface area contributed by atoms with E-state index in [1.807, 2.05) is 30.3 Å². The van der Waals surface area contributed by atoms with E-state index in [0.29, 0.717) is 25.3 Å². The van der Waals surface area contributed by atoms with Crippen LogP contribution in [0.3, 0.4) is 0 Å². The Morgan fingerprint density at radius 2 is 2.04 bits per heavy atom. The molecular formula is C18H16N4O3. The molecule has 2 unspecified atom stereocenters. The average Bonchev–Trinajstić information content (AvgIpc) is 3.24. The maximum atomic E-state index is 12.3. The normalized spacial score (nSPS) is 22.8. The van der Waals surface area contributed by atoms with E-state index in [4.69, 9.17) is 4.52 Å². The number of carbonyl (C=O) groups is 2. The van der Waals surface area contributed by atoms with Crippen LogP contribution in [0.25, 0.3) is 0 Å². The molecule has 0 N–H and O–H groups in total. The highest BCUT2D eigenvalue weighted by molar-refractivity contribution is 5.96. The van der Waals surface area contributed by atoms with E-state index in [1.165, 1.54) is 6.21 Å². The Morgan fingerprint density at radius 1 is 1.20 bits per heavy atom. The van der Waals surface area contributed by atoms with Gasteiger partial charge in [-0.3, -0.25) is 9.59 Å². The second-order valence-electron chi connectivity index (χ2n) is 6.13. The molecule has 0 spiro atoms. The summed E-state index contributed by atoms with van der Waals surface area (Å²) < 4.78 is 5.24. The molecule has 2 aliphatic rings. The summed E-state index contributed by atoms with van der Waals surface area (Å²) in [4.78, 5) is 33.9. The van der Waals surface area contributed by atoms with Gasteiger partial charge in [0.2, 0.25) is 11.8 Å². The Hall–Kier alpha value is -3.09. The van der Waals surface area contributed by atoms with Gasteiger partial charge in [0, 0.05) is 31.6 Å². The van der Waals surface area contributed by atoms with Crippen molar-refractivity contribution in [1.82, 2.24) is 15.0 Å². The number of carbonyl (C=O) groups excluding carboxylic acids is 2. The lowest BCUT2D eigenvalue weighted by molar-refractivity contribution is -0.128. The molecule has 2 amide bonds. The highest BCUT2D eigenvalue weighted by Crippen LogP contribution is 2.29. The number of hydrogen-bond donors (Lipinski definition) is 0. The van der Waals surface area contributed by atoms with Crippen LogP contribution in [0.2, 0.25) is 0 Å². The van der Waals surface area contributed by atoms with Crippen LogP contribution in [0.4, 0.5) is 0 Å². The Bertz CT molecular complexity index is 856. The number of benzene rings is 1. The average molecular weight is 336 g/mol. The number of aliphatic imine (C=N–C) groups is 1. The summed E-state index contributed by atoms with van der Waals surface area (Å²) in [6.07, 6.45) is 5.14. The molecule has 7 heteroatoms. The van der Waals surface area contributed by atoms with Gasteiger partial charge in [-0.1, -0.05) is 41.6 Å². The molecule has 4 rings (SSSR count). The van der Waals surface area contributed by atoms with Crippen LogP contribution >= 0.6 is 0 Å². The van der Waals surface area contributed by atoms with Crippen molar-refractivity contribution in [3.8, 4) is 0 Å². The minimum atomic E-state index is -0.635. The van der Waals surface area contributed by atoms with Crippen molar-refractivity contribution in [2.75, 3.05) is 6.54 Å². The smallest absolute Gasteiger partial charge is 0.262 e. The van der Waals surface area contributed by atoms with Crippen molar-refractivity contribution >= 4 is 18.0 Å². The lowest BCUT2D eigenvalue weighted by atomic mass is 10.1. The molecule has 1 aromatic carbocycles. The van der Waals surface area contributed by atoms with Gasteiger partial charge in [0.1, 0.15) is 5.92 Å². The van der Waals surface area contributed by atoms with Gasteiger partial charge < -0.3 is 9.42 Å². The van der Waals surface area contributed by atoms with Crippen LogP contribution in [-0.2, 0) is 16.1 Å².